The average molecular weight is 606 g/mol. The molecule has 2 aromatic rings. The first kappa shape index (κ1) is 36.5. The molecule has 2 aromatic carbocycles. The molecule has 1 radical (unpaired) electrons. The van der Waals surface area contributed by atoms with E-state index in [9.17, 15) is 28.8 Å². The lowest BCUT2D eigenvalue weighted by molar-refractivity contribution is -0.121. The second-order valence-corrected chi connectivity index (χ2v) is 11.8. The van der Waals surface area contributed by atoms with Crippen molar-refractivity contribution in [2.45, 2.75) is 117 Å². The Morgan fingerprint density at radius 1 is 0.591 bits per heavy atom. The Labute approximate surface area is 261 Å². The van der Waals surface area contributed by atoms with E-state index < -0.39 is 41.0 Å². The summed E-state index contributed by atoms with van der Waals surface area (Å²) in [4.78, 5) is 76.4. The largest absolute Gasteiger partial charge is 0.369 e. The molecule has 0 heterocycles. The minimum absolute atomic E-state index is 0.0187. The first-order valence-electron chi connectivity index (χ1n) is 16.3. The number of primary amides is 2. The highest BCUT2D eigenvalue weighted by molar-refractivity contribution is 6.38. The molecule has 0 bridgehead atoms. The Kier molecular flexibility index (Phi) is 16.2. The van der Waals surface area contributed by atoms with Crippen LogP contribution in [0, 0.1) is 11.8 Å². The van der Waals surface area contributed by atoms with Crippen molar-refractivity contribution in [3.05, 3.63) is 47.0 Å². The number of nitrogens with two attached hydrogens (primary N) is 2. The number of amides is 2. The van der Waals surface area contributed by atoms with Crippen molar-refractivity contribution in [2.75, 3.05) is 0 Å². The zero-order chi connectivity index (χ0) is 32.5. The van der Waals surface area contributed by atoms with Crippen LogP contribution in [0.2, 0.25) is 0 Å². The molecule has 0 fully saturated rings. The van der Waals surface area contributed by atoms with Gasteiger partial charge in [0.25, 0.3) is 6.29 Å². The standard InChI is InChI=1S/C36H49N2O6/c1-3-5-7-9-11-13-15-18-29(35(37)43)33(41)26-22-23-28(32-25(26)20-17-21-27(32)31(40)24-39)34(42)30(36(38)44)19-16-14-12-10-8-6-4-2/h17,20-23,29-30H,3-16,18-19H2,1-2H3,(H2,37,43)(H2,38,44). The second kappa shape index (κ2) is 19.6. The van der Waals surface area contributed by atoms with Gasteiger partial charge < -0.3 is 11.5 Å². The summed E-state index contributed by atoms with van der Waals surface area (Å²) in [5.41, 5.74) is 11.4. The van der Waals surface area contributed by atoms with Crippen molar-refractivity contribution >= 4 is 46.2 Å². The van der Waals surface area contributed by atoms with Gasteiger partial charge in [-0.05, 0) is 24.3 Å². The van der Waals surface area contributed by atoms with Gasteiger partial charge in [0.05, 0.1) is 0 Å². The molecule has 8 nitrogen and oxygen atoms in total. The Hall–Kier alpha value is -3.68. The van der Waals surface area contributed by atoms with E-state index >= 15 is 0 Å². The molecule has 4 N–H and O–H groups in total. The molecule has 2 amide bonds. The van der Waals surface area contributed by atoms with E-state index in [1.165, 1.54) is 43.4 Å². The molecular formula is C36H49N2O6. The Morgan fingerprint density at radius 2 is 1.02 bits per heavy atom. The fourth-order valence-corrected chi connectivity index (χ4v) is 5.86. The number of carbonyl (C=O) groups excluding carboxylic acids is 6. The fourth-order valence-electron chi connectivity index (χ4n) is 5.86. The van der Waals surface area contributed by atoms with Gasteiger partial charge in [-0.2, -0.15) is 0 Å². The molecule has 2 rings (SSSR count). The van der Waals surface area contributed by atoms with Gasteiger partial charge in [0.2, 0.25) is 17.6 Å². The first-order chi connectivity index (χ1) is 21.2. The van der Waals surface area contributed by atoms with Crippen molar-refractivity contribution in [2.24, 2.45) is 23.3 Å². The quantitative estimate of drug-likeness (QED) is 0.0569. The van der Waals surface area contributed by atoms with E-state index in [1.807, 2.05) is 0 Å². The smallest absolute Gasteiger partial charge is 0.277 e. The Morgan fingerprint density at radius 3 is 1.48 bits per heavy atom. The van der Waals surface area contributed by atoms with Crippen LogP contribution in [-0.2, 0) is 14.4 Å². The predicted molar refractivity (Wildman–Crippen MR) is 173 cm³/mol. The van der Waals surface area contributed by atoms with Gasteiger partial charge in [-0.1, -0.05) is 128 Å². The highest BCUT2D eigenvalue weighted by atomic mass is 16.2. The number of carbonyl (C=O) groups is 5. The Bertz CT molecular complexity index is 1300. The molecule has 8 heteroatoms. The monoisotopic (exact) mass is 605 g/mol. The number of rotatable bonds is 24. The number of Topliss-reactive ketones (excluding diaryl/α,β-unsaturated/α-hetero) is 3. The Balaban J connectivity index is 2.40. The van der Waals surface area contributed by atoms with Crippen LogP contribution >= 0.6 is 0 Å². The lowest BCUT2D eigenvalue weighted by Gasteiger charge is -2.18. The van der Waals surface area contributed by atoms with Gasteiger partial charge in [-0.25, -0.2) is 0 Å². The van der Waals surface area contributed by atoms with Gasteiger partial charge in [-0.3, -0.25) is 28.8 Å². The maximum atomic E-state index is 13.8. The zero-order valence-corrected chi connectivity index (χ0v) is 26.5. The molecule has 0 saturated heterocycles. The summed E-state index contributed by atoms with van der Waals surface area (Å²) in [6.07, 6.45) is 16.0. The lowest BCUT2D eigenvalue weighted by atomic mass is 9.83. The van der Waals surface area contributed by atoms with Crippen LogP contribution in [0.15, 0.2) is 30.3 Å². The summed E-state index contributed by atoms with van der Waals surface area (Å²) in [5.74, 6) is -5.81. The minimum Gasteiger partial charge on any atom is -0.369 e. The lowest BCUT2D eigenvalue weighted by Crippen LogP contribution is -2.32. The normalized spacial score (nSPS) is 12.5. The summed E-state index contributed by atoms with van der Waals surface area (Å²) in [6, 6.07) is 7.25. The number of ketones is 3. The van der Waals surface area contributed by atoms with Gasteiger partial charge in [-0.15, -0.1) is 0 Å². The minimum atomic E-state index is -1.13. The summed E-state index contributed by atoms with van der Waals surface area (Å²) in [5, 5.41) is 0.300. The van der Waals surface area contributed by atoms with E-state index in [0.717, 1.165) is 64.2 Å². The van der Waals surface area contributed by atoms with Crippen LogP contribution in [0.25, 0.3) is 10.8 Å². The van der Waals surface area contributed by atoms with Gasteiger partial charge >= 0.3 is 0 Å². The van der Waals surface area contributed by atoms with Crippen molar-refractivity contribution in [3.63, 3.8) is 0 Å². The maximum Gasteiger partial charge on any atom is 0.277 e. The summed E-state index contributed by atoms with van der Waals surface area (Å²) in [7, 11) is 0. The predicted octanol–water partition coefficient (Wildman–Crippen LogP) is 6.98. The van der Waals surface area contributed by atoms with Crippen molar-refractivity contribution in [1.82, 2.24) is 0 Å². The molecule has 0 aliphatic carbocycles. The van der Waals surface area contributed by atoms with Crippen LogP contribution in [0.4, 0.5) is 0 Å². The molecule has 0 saturated carbocycles. The fraction of sp³-hybridized carbons (Fsp3) is 0.556. The summed E-state index contributed by atoms with van der Waals surface area (Å²) in [6.45, 7) is 4.30. The number of hydrogen-bond acceptors (Lipinski definition) is 6. The average Bonchev–Trinajstić information content (AvgIpc) is 3.01. The molecule has 239 valence electrons. The second-order valence-electron chi connectivity index (χ2n) is 11.8. The molecule has 0 aliphatic rings. The van der Waals surface area contributed by atoms with E-state index in [1.54, 1.807) is 6.07 Å². The van der Waals surface area contributed by atoms with E-state index in [2.05, 4.69) is 13.8 Å². The van der Waals surface area contributed by atoms with Crippen LogP contribution in [0.5, 0.6) is 0 Å². The topological polar surface area (TPSA) is 154 Å². The van der Waals surface area contributed by atoms with Crippen LogP contribution in [0.3, 0.4) is 0 Å². The number of benzene rings is 2. The maximum absolute atomic E-state index is 13.8. The molecule has 0 aromatic heterocycles. The van der Waals surface area contributed by atoms with Gasteiger partial charge in [0.15, 0.2) is 11.6 Å². The number of unbranched alkanes of at least 4 members (excludes halogenated alkanes) is 12. The zero-order valence-electron chi connectivity index (χ0n) is 26.5. The van der Waals surface area contributed by atoms with Gasteiger partial charge in [0.1, 0.15) is 11.8 Å². The number of hydrogen-bond donors (Lipinski definition) is 2. The SMILES string of the molecule is CCCCCCCCCC(C(N)=O)C(=O)c1ccc(C(=O)C(CCCCCCCCC)C(N)=O)c2c(C(=O)[C]=O)cccc12. The highest BCUT2D eigenvalue weighted by Crippen LogP contribution is 2.32. The van der Waals surface area contributed by atoms with E-state index in [0.29, 0.717) is 12.8 Å². The molecule has 2 unspecified atom stereocenters. The highest BCUT2D eigenvalue weighted by Gasteiger charge is 2.31. The van der Waals surface area contributed by atoms with E-state index in [4.69, 9.17) is 11.5 Å². The third-order valence-corrected chi connectivity index (χ3v) is 8.42. The van der Waals surface area contributed by atoms with Crippen molar-refractivity contribution in [1.29, 1.82) is 0 Å². The van der Waals surface area contributed by atoms with Gasteiger partial charge in [0, 0.05) is 22.1 Å². The third kappa shape index (κ3) is 10.5. The molecule has 44 heavy (non-hydrogen) atoms. The van der Waals surface area contributed by atoms with Crippen LogP contribution in [-0.4, -0.2) is 35.5 Å². The molecule has 0 spiro atoms. The summed E-state index contributed by atoms with van der Waals surface area (Å²) < 4.78 is 0. The summed E-state index contributed by atoms with van der Waals surface area (Å²) >= 11 is 0. The van der Waals surface area contributed by atoms with Crippen LogP contribution in [0.1, 0.15) is 148 Å². The molecule has 0 aliphatic heterocycles. The van der Waals surface area contributed by atoms with Crippen LogP contribution < -0.4 is 11.5 Å². The third-order valence-electron chi connectivity index (χ3n) is 8.42. The van der Waals surface area contributed by atoms with E-state index in [-0.39, 0.29) is 40.3 Å². The molecular weight excluding hydrogens is 556 g/mol. The number of fused-ring (bicyclic) bond motifs is 1. The first-order valence-corrected chi connectivity index (χ1v) is 16.3. The van der Waals surface area contributed by atoms with Crippen molar-refractivity contribution in [3.8, 4) is 0 Å². The van der Waals surface area contributed by atoms with Crippen molar-refractivity contribution < 1.29 is 28.8 Å². The molecule has 2 atom stereocenters.